The molecule has 43 heavy (non-hydrogen) atoms. The first-order valence-corrected chi connectivity index (χ1v) is 15.3. The van der Waals surface area contributed by atoms with Gasteiger partial charge in [0.2, 0.25) is 11.8 Å². The zero-order chi connectivity index (χ0) is 30.4. The summed E-state index contributed by atoms with van der Waals surface area (Å²) < 4.78 is 5.85. The Bertz CT molecular complexity index is 1260. The maximum Gasteiger partial charge on any atom is 0.335 e. The lowest BCUT2D eigenvalue weighted by atomic mass is 9.79. The van der Waals surface area contributed by atoms with Gasteiger partial charge in [0.15, 0.2) is 0 Å². The molecule has 0 unspecified atom stereocenters. The molecule has 4 rings (SSSR count). The molecule has 2 amide bonds. The number of likely N-dealkylation sites (tertiary alicyclic amines) is 1. The molecule has 11 heteroatoms. The summed E-state index contributed by atoms with van der Waals surface area (Å²) in [6.07, 6.45) is 3.38. The Morgan fingerprint density at radius 3 is 2.30 bits per heavy atom. The van der Waals surface area contributed by atoms with E-state index in [1.54, 1.807) is 4.90 Å². The number of carboxylic acids is 1. The quantitative estimate of drug-likeness (QED) is 0.281. The van der Waals surface area contributed by atoms with E-state index in [1.165, 1.54) is 18.2 Å². The lowest BCUT2D eigenvalue weighted by Crippen LogP contribution is -2.75. The molecule has 0 radical (unpaired) electrons. The first kappa shape index (κ1) is 34.6. The number of rotatable bonds is 12. The average molecular weight is 637 g/mol. The van der Waals surface area contributed by atoms with Crippen molar-refractivity contribution in [3.05, 3.63) is 58.6 Å². The van der Waals surface area contributed by atoms with Gasteiger partial charge in [0.1, 0.15) is 23.1 Å². The topological polar surface area (TPSA) is 119 Å². The highest BCUT2D eigenvalue weighted by molar-refractivity contribution is 6.32. The Morgan fingerprint density at radius 2 is 1.74 bits per heavy atom. The van der Waals surface area contributed by atoms with Crippen LogP contribution in [0.15, 0.2) is 42.5 Å². The highest BCUT2D eigenvalue weighted by Gasteiger charge is 2.55. The van der Waals surface area contributed by atoms with E-state index < -0.39 is 23.7 Å². The van der Waals surface area contributed by atoms with Crippen molar-refractivity contribution in [1.82, 2.24) is 15.1 Å². The highest BCUT2D eigenvalue weighted by Crippen LogP contribution is 2.36. The number of carbonyl (C=O) groups excluding carboxylic acids is 2. The summed E-state index contributed by atoms with van der Waals surface area (Å²) in [4.78, 5) is 42.6. The Hall–Kier alpha value is -2.85. The van der Waals surface area contributed by atoms with Gasteiger partial charge in [0.25, 0.3) is 0 Å². The van der Waals surface area contributed by atoms with Crippen LogP contribution in [0.5, 0.6) is 11.5 Å². The van der Waals surface area contributed by atoms with E-state index in [1.807, 2.05) is 38.1 Å². The number of piperidine rings is 1. The van der Waals surface area contributed by atoms with Gasteiger partial charge in [0, 0.05) is 26.2 Å². The van der Waals surface area contributed by atoms with Crippen molar-refractivity contribution in [3.63, 3.8) is 0 Å². The number of aliphatic hydroxyl groups is 1. The number of carboxylic acid groups (broad SMARTS) is 1. The van der Waals surface area contributed by atoms with Crippen molar-refractivity contribution in [2.24, 2.45) is 5.92 Å². The van der Waals surface area contributed by atoms with Crippen LogP contribution in [0, 0.1) is 5.92 Å². The average Bonchev–Trinajstić information content (AvgIpc) is 2.98. The summed E-state index contributed by atoms with van der Waals surface area (Å²) in [7, 11) is 0. The number of nitrogens with zero attached hydrogens (tertiary/aromatic N) is 2. The molecule has 9 nitrogen and oxygen atoms in total. The van der Waals surface area contributed by atoms with Crippen molar-refractivity contribution < 1.29 is 29.3 Å². The van der Waals surface area contributed by atoms with Crippen molar-refractivity contribution in [3.8, 4) is 11.5 Å². The molecule has 2 fully saturated rings. The number of hydrogen-bond acceptors (Lipinski definition) is 6. The fourth-order valence-corrected chi connectivity index (χ4v) is 6.32. The van der Waals surface area contributed by atoms with Crippen LogP contribution in [0.4, 0.5) is 0 Å². The molecule has 2 heterocycles. The fraction of sp³-hybridized carbons (Fsp3) is 0.531. The Balaban J connectivity index is 0.00000506. The number of aliphatic hydroxyl groups excluding tert-OH is 1. The van der Waals surface area contributed by atoms with Crippen LogP contribution in [0.2, 0.25) is 5.02 Å². The van der Waals surface area contributed by atoms with E-state index in [4.69, 9.17) is 21.4 Å². The van der Waals surface area contributed by atoms with Crippen LogP contribution in [-0.4, -0.2) is 75.1 Å². The normalized spacial score (nSPS) is 19.2. The van der Waals surface area contributed by atoms with E-state index >= 15 is 0 Å². The first-order chi connectivity index (χ1) is 20.1. The molecule has 0 bridgehead atoms. The number of benzene rings is 2. The number of carbonyl (C=O) groups is 3. The van der Waals surface area contributed by atoms with E-state index in [-0.39, 0.29) is 40.7 Å². The van der Waals surface area contributed by atoms with Gasteiger partial charge in [-0.2, -0.15) is 0 Å². The minimum atomic E-state index is -1.05. The van der Waals surface area contributed by atoms with Gasteiger partial charge in [-0.15, -0.1) is 12.4 Å². The third-order valence-corrected chi connectivity index (χ3v) is 9.08. The number of aromatic carboxylic acids is 1. The number of ether oxygens (including phenoxy) is 1. The van der Waals surface area contributed by atoms with Gasteiger partial charge in [-0.05, 0) is 61.1 Å². The molecule has 2 atom stereocenters. The van der Waals surface area contributed by atoms with E-state index in [0.29, 0.717) is 50.5 Å². The van der Waals surface area contributed by atoms with Crippen molar-refractivity contribution in [1.29, 1.82) is 0 Å². The van der Waals surface area contributed by atoms with Crippen LogP contribution in [0.3, 0.4) is 0 Å². The van der Waals surface area contributed by atoms with Gasteiger partial charge in [-0.25, -0.2) is 4.79 Å². The third kappa shape index (κ3) is 7.63. The predicted molar refractivity (Wildman–Crippen MR) is 168 cm³/mol. The molecule has 236 valence electrons. The summed E-state index contributed by atoms with van der Waals surface area (Å²) in [5, 5.41) is 23.3. The second kappa shape index (κ2) is 15.2. The Labute approximate surface area is 264 Å². The molecule has 1 spiro atoms. The minimum Gasteiger partial charge on any atom is -0.478 e. The van der Waals surface area contributed by atoms with Crippen LogP contribution in [-0.2, 0) is 16.1 Å². The van der Waals surface area contributed by atoms with Gasteiger partial charge >= 0.3 is 5.97 Å². The third-order valence-electron chi connectivity index (χ3n) is 8.79. The van der Waals surface area contributed by atoms with Crippen LogP contribution in [0.1, 0.15) is 75.2 Å². The molecule has 2 aromatic rings. The van der Waals surface area contributed by atoms with Crippen molar-refractivity contribution in [2.75, 3.05) is 19.6 Å². The molecule has 2 aliphatic rings. The number of piperazine rings is 1. The zero-order valence-electron chi connectivity index (χ0n) is 25.1. The molecule has 0 aromatic heterocycles. The lowest BCUT2D eigenvalue weighted by Gasteiger charge is -2.52. The smallest absolute Gasteiger partial charge is 0.335 e. The van der Waals surface area contributed by atoms with E-state index in [2.05, 4.69) is 17.1 Å². The maximum absolute atomic E-state index is 13.7. The summed E-state index contributed by atoms with van der Waals surface area (Å²) in [5.41, 5.74) is 0.277. The highest BCUT2D eigenvalue weighted by atomic mass is 35.5. The second-order valence-electron chi connectivity index (χ2n) is 11.4. The maximum atomic E-state index is 13.7. The molecular weight excluding hydrogens is 593 g/mol. The number of halogens is 2. The van der Waals surface area contributed by atoms with Crippen molar-refractivity contribution in [2.45, 2.75) is 83.5 Å². The Kier molecular flexibility index (Phi) is 12.3. The number of nitrogens with one attached hydrogen (secondary N) is 1. The van der Waals surface area contributed by atoms with Gasteiger partial charge in [-0.1, -0.05) is 63.8 Å². The minimum absolute atomic E-state index is 0. The second-order valence-corrected chi connectivity index (χ2v) is 11.8. The SMILES string of the molecule is CCCCN1C(=O)[C@@H]([C@H](O)C(CC)CC)NC(=O)C12CCN(Cc1ccc(Oc3ccc(C(=O)O)cc3Cl)cc1)CC2.Cl. The summed E-state index contributed by atoms with van der Waals surface area (Å²) in [6, 6.07) is 11.1. The molecule has 0 saturated carbocycles. The molecule has 0 aliphatic carbocycles. The lowest BCUT2D eigenvalue weighted by molar-refractivity contribution is -0.165. The largest absolute Gasteiger partial charge is 0.478 e. The monoisotopic (exact) mass is 635 g/mol. The molecule has 2 saturated heterocycles. The molecular formula is C32H43Cl2N3O6. The number of hydrogen-bond donors (Lipinski definition) is 3. The molecule has 2 aliphatic heterocycles. The predicted octanol–water partition coefficient (Wildman–Crippen LogP) is 5.51. The van der Waals surface area contributed by atoms with Gasteiger partial charge in [0.05, 0.1) is 16.7 Å². The van der Waals surface area contributed by atoms with Crippen molar-refractivity contribution >= 4 is 41.8 Å². The fourth-order valence-electron chi connectivity index (χ4n) is 6.10. The van der Waals surface area contributed by atoms with E-state index in [0.717, 1.165) is 31.2 Å². The van der Waals surface area contributed by atoms with Crippen LogP contribution >= 0.6 is 24.0 Å². The van der Waals surface area contributed by atoms with Crippen LogP contribution in [0.25, 0.3) is 0 Å². The van der Waals surface area contributed by atoms with Gasteiger partial charge < -0.3 is 25.2 Å². The van der Waals surface area contributed by atoms with E-state index in [9.17, 15) is 19.5 Å². The zero-order valence-corrected chi connectivity index (χ0v) is 26.6. The van der Waals surface area contributed by atoms with Gasteiger partial charge in [-0.3, -0.25) is 14.5 Å². The standard InChI is InChI=1S/C32H42ClN3O6.ClH/c1-4-7-16-36-29(38)27(28(37)22(5-2)6-3)34-31(41)32(36)14-17-35(18-15-32)20-21-8-11-24(12-9-21)42-26-13-10-23(30(39)40)19-25(26)33;/h8-13,19,22,27-28,37H,4-7,14-18,20H2,1-3H3,(H,34,41)(H,39,40);1H/t27-,28-;/m1./s1. The molecule has 2 aromatic carbocycles. The number of amides is 2. The molecule has 3 N–H and O–H groups in total. The summed E-state index contributed by atoms with van der Waals surface area (Å²) >= 11 is 6.19. The summed E-state index contributed by atoms with van der Waals surface area (Å²) in [5.74, 6) is -0.460. The first-order valence-electron chi connectivity index (χ1n) is 15.0. The van der Waals surface area contributed by atoms with Crippen LogP contribution < -0.4 is 10.1 Å². The Morgan fingerprint density at radius 1 is 1.09 bits per heavy atom. The number of unbranched alkanes of at least 4 members (excludes halogenated alkanes) is 1. The summed E-state index contributed by atoms with van der Waals surface area (Å²) in [6.45, 7) is 8.58.